The first-order valence-electron chi connectivity index (χ1n) is 11.6. The Morgan fingerprint density at radius 3 is 2.52 bits per heavy atom. The van der Waals surface area contributed by atoms with Crippen LogP contribution in [-0.2, 0) is 11.3 Å². The van der Waals surface area contributed by atoms with E-state index >= 15 is 0 Å². The van der Waals surface area contributed by atoms with Crippen LogP contribution in [0, 0.1) is 12.3 Å². The molecule has 6 nitrogen and oxygen atoms in total. The summed E-state index contributed by atoms with van der Waals surface area (Å²) < 4.78 is 0. The fraction of sp³-hybridized carbons (Fsp3) is 0.538. The smallest absolute Gasteiger partial charge is 0.240 e. The Morgan fingerprint density at radius 1 is 1.30 bits per heavy atom. The van der Waals surface area contributed by atoms with E-state index in [0.717, 1.165) is 17.0 Å². The lowest BCUT2D eigenvalue weighted by molar-refractivity contribution is -0.137. The van der Waals surface area contributed by atoms with Crippen molar-refractivity contribution in [1.29, 1.82) is 0 Å². The van der Waals surface area contributed by atoms with Crippen LogP contribution in [0.2, 0.25) is 0 Å². The van der Waals surface area contributed by atoms with E-state index in [1.165, 1.54) is 10.4 Å². The van der Waals surface area contributed by atoms with Crippen molar-refractivity contribution in [3.8, 4) is 10.4 Å². The standard InChI is InChI=1S/C26H38N4O2S/c1-16(2)29-24(26(5,6)7)25(32)30-14-21(31)12-22(30)17(3)27-13-19-8-10-20(11-9-19)23-18(4)28-15-33-23/h8-11,15-16,21-22,24,27,29,31H,3,12-14H2,1-2,4-7H3/t21-,22-,24+/m0/s1. The molecule has 3 atom stereocenters. The predicted octanol–water partition coefficient (Wildman–Crippen LogP) is 4.10. The largest absolute Gasteiger partial charge is 0.391 e. The molecule has 1 saturated heterocycles. The van der Waals surface area contributed by atoms with Crippen LogP contribution in [0.4, 0.5) is 0 Å². The van der Waals surface area contributed by atoms with E-state index in [4.69, 9.17) is 0 Å². The Labute approximate surface area is 202 Å². The first-order chi connectivity index (χ1) is 15.5. The van der Waals surface area contributed by atoms with Crippen LogP contribution < -0.4 is 10.6 Å². The van der Waals surface area contributed by atoms with E-state index < -0.39 is 6.10 Å². The molecule has 33 heavy (non-hydrogen) atoms. The van der Waals surface area contributed by atoms with Gasteiger partial charge in [-0.05, 0) is 23.5 Å². The maximum absolute atomic E-state index is 13.5. The Kier molecular flexibility index (Phi) is 7.98. The zero-order valence-electron chi connectivity index (χ0n) is 20.7. The Morgan fingerprint density at radius 2 is 1.97 bits per heavy atom. The summed E-state index contributed by atoms with van der Waals surface area (Å²) in [6.07, 6.45) is -0.0428. The highest BCUT2D eigenvalue weighted by molar-refractivity contribution is 7.13. The number of amides is 1. The summed E-state index contributed by atoms with van der Waals surface area (Å²) in [5, 5.41) is 17.2. The van der Waals surface area contributed by atoms with E-state index in [-0.39, 0.29) is 29.4 Å². The summed E-state index contributed by atoms with van der Waals surface area (Å²) in [5.41, 5.74) is 5.73. The first-order valence-corrected chi connectivity index (χ1v) is 12.5. The van der Waals surface area contributed by atoms with Crippen LogP contribution in [0.3, 0.4) is 0 Å². The summed E-state index contributed by atoms with van der Waals surface area (Å²) in [4.78, 5) is 20.8. The van der Waals surface area contributed by atoms with Crippen molar-refractivity contribution in [2.75, 3.05) is 6.54 Å². The number of hydrogen-bond donors (Lipinski definition) is 3. The van der Waals surface area contributed by atoms with Gasteiger partial charge in [-0.2, -0.15) is 0 Å². The van der Waals surface area contributed by atoms with Gasteiger partial charge >= 0.3 is 0 Å². The summed E-state index contributed by atoms with van der Waals surface area (Å²) in [6, 6.07) is 8.04. The minimum absolute atomic E-state index is 0.0185. The van der Waals surface area contributed by atoms with E-state index in [1.807, 2.05) is 26.3 Å². The second-order valence-corrected chi connectivity index (χ2v) is 11.2. The van der Waals surface area contributed by atoms with Gasteiger partial charge in [-0.3, -0.25) is 4.79 Å². The normalized spacial score (nSPS) is 19.7. The van der Waals surface area contributed by atoms with Crippen molar-refractivity contribution in [2.24, 2.45) is 5.41 Å². The molecule has 0 aliphatic carbocycles. The van der Waals surface area contributed by atoms with Crippen LogP contribution in [-0.4, -0.2) is 51.7 Å². The average molecular weight is 471 g/mol. The minimum atomic E-state index is -0.543. The lowest BCUT2D eigenvalue weighted by Gasteiger charge is -2.37. The van der Waals surface area contributed by atoms with Gasteiger partial charge < -0.3 is 20.6 Å². The molecule has 0 spiro atoms. The number of nitrogens with zero attached hydrogens (tertiary/aromatic N) is 2. The van der Waals surface area contributed by atoms with Crippen LogP contribution in [0.1, 0.15) is 52.3 Å². The second kappa shape index (κ2) is 10.4. The van der Waals surface area contributed by atoms with E-state index in [0.29, 0.717) is 19.5 Å². The number of aryl methyl sites for hydroxylation is 1. The number of benzene rings is 1. The van der Waals surface area contributed by atoms with E-state index in [2.05, 4.69) is 67.2 Å². The molecule has 1 aliphatic rings. The number of carbonyl (C=O) groups excluding carboxylic acids is 1. The number of nitrogens with one attached hydrogen (secondary N) is 2. The number of likely N-dealkylation sites (tertiary alicyclic amines) is 1. The molecule has 1 aliphatic heterocycles. The molecule has 180 valence electrons. The number of aliphatic hydroxyl groups excluding tert-OH is 1. The van der Waals surface area contributed by atoms with E-state index in [9.17, 15) is 9.90 Å². The summed E-state index contributed by atoms with van der Waals surface area (Å²) in [7, 11) is 0. The molecule has 0 unspecified atom stereocenters. The average Bonchev–Trinajstić information content (AvgIpc) is 3.35. The highest BCUT2D eigenvalue weighted by atomic mass is 32.1. The molecular formula is C26H38N4O2S. The molecule has 7 heteroatoms. The van der Waals surface area contributed by atoms with Crippen molar-refractivity contribution in [2.45, 2.75) is 78.7 Å². The van der Waals surface area contributed by atoms with E-state index in [1.54, 1.807) is 16.2 Å². The monoisotopic (exact) mass is 470 g/mol. The lowest BCUT2D eigenvalue weighted by atomic mass is 9.85. The SMILES string of the molecule is C=C(NCc1ccc(-c2scnc2C)cc1)[C@@H]1C[C@H](O)CN1C(=O)[C@@H](NC(C)C)C(C)(C)C. The van der Waals surface area contributed by atoms with Gasteiger partial charge in [-0.15, -0.1) is 11.3 Å². The van der Waals surface area contributed by atoms with Crippen LogP contribution in [0.25, 0.3) is 10.4 Å². The maximum Gasteiger partial charge on any atom is 0.240 e. The van der Waals surface area contributed by atoms with Crippen molar-refractivity contribution in [3.05, 3.63) is 53.3 Å². The van der Waals surface area contributed by atoms with Gasteiger partial charge in [0.1, 0.15) is 0 Å². The van der Waals surface area contributed by atoms with Crippen LogP contribution in [0.5, 0.6) is 0 Å². The number of aliphatic hydroxyl groups is 1. The van der Waals surface area contributed by atoms with Crippen molar-refractivity contribution in [1.82, 2.24) is 20.5 Å². The quantitative estimate of drug-likeness (QED) is 0.542. The van der Waals surface area contributed by atoms with Crippen molar-refractivity contribution >= 4 is 17.2 Å². The molecule has 3 N–H and O–H groups in total. The molecule has 1 aromatic heterocycles. The molecule has 3 rings (SSSR count). The van der Waals surface area contributed by atoms with Gasteiger partial charge in [-0.25, -0.2) is 4.98 Å². The van der Waals surface area contributed by atoms with Crippen molar-refractivity contribution < 1.29 is 9.90 Å². The predicted molar refractivity (Wildman–Crippen MR) is 136 cm³/mol. The molecule has 0 saturated carbocycles. The minimum Gasteiger partial charge on any atom is -0.391 e. The van der Waals surface area contributed by atoms with Crippen molar-refractivity contribution in [3.63, 3.8) is 0 Å². The number of rotatable bonds is 8. The number of carbonyl (C=O) groups is 1. The molecule has 2 aromatic rings. The number of hydrogen-bond acceptors (Lipinski definition) is 6. The van der Waals surface area contributed by atoms with Gasteiger partial charge in [-0.1, -0.05) is 65.5 Å². The van der Waals surface area contributed by atoms with Gasteiger partial charge in [0.15, 0.2) is 0 Å². The Balaban J connectivity index is 1.66. The summed E-state index contributed by atoms with van der Waals surface area (Å²) in [5.74, 6) is 0.0185. The van der Waals surface area contributed by atoms with Crippen LogP contribution >= 0.6 is 11.3 Å². The van der Waals surface area contributed by atoms with Gasteiger partial charge in [0.25, 0.3) is 0 Å². The number of β-amino-alcohol motifs (C(OH)–C–C–N with tert-alkyl or cyclic N) is 1. The lowest BCUT2D eigenvalue weighted by Crippen LogP contribution is -2.56. The zero-order chi connectivity index (χ0) is 24.3. The van der Waals surface area contributed by atoms with Gasteiger partial charge in [0.05, 0.1) is 34.3 Å². The fourth-order valence-corrected chi connectivity index (χ4v) is 5.08. The molecule has 2 heterocycles. The summed E-state index contributed by atoms with van der Waals surface area (Å²) in [6.45, 7) is 17.5. The fourth-order valence-electron chi connectivity index (χ4n) is 4.26. The molecular weight excluding hydrogens is 432 g/mol. The second-order valence-electron chi connectivity index (χ2n) is 10.4. The maximum atomic E-state index is 13.5. The third-order valence-electron chi connectivity index (χ3n) is 6.06. The first kappa shape index (κ1) is 25.4. The summed E-state index contributed by atoms with van der Waals surface area (Å²) >= 11 is 1.65. The Hall–Kier alpha value is -2.22. The molecule has 1 aromatic carbocycles. The highest BCUT2D eigenvalue weighted by Gasteiger charge is 2.42. The third-order valence-corrected chi connectivity index (χ3v) is 7.04. The molecule has 1 amide bonds. The topological polar surface area (TPSA) is 77.5 Å². The molecule has 0 radical (unpaired) electrons. The molecule has 1 fully saturated rings. The zero-order valence-corrected chi connectivity index (χ0v) is 21.5. The number of thiazole rings is 1. The van der Waals surface area contributed by atoms with Gasteiger partial charge in [0, 0.05) is 31.2 Å². The third kappa shape index (κ3) is 6.22. The highest BCUT2D eigenvalue weighted by Crippen LogP contribution is 2.29. The Bertz CT molecular complexity index is 961. The molecule has 0 bridgehead atoms. The van der Waals surface area contributed by atoms with Gasteiger partial charge in [0.2, 0.25) is 5.91 Å². The van der Waals surface area contributed by atoms with Crippen LogP contribution in [0.15, 0.2) is 42.1 Å². The number of aromatic nitrogens is 1.